The standard InChI is InChI=1S/C21H30N4O2S/c1-15-12-16(2)17(3)18(13-15)27-11-7-9-22-20(26)14-28-21-24-23-19-8-5-4-6-10-25(19)21/h12-13H,4-11,14H2,1-3H3,(H,22,26). The summed E-state index contributed by atoms with van der Waals surface area (Å²) in [4.78, 5) is 12.1. The molecule has 0 radical (unpaired) electrons. The monoisotopic (exact) mass is 402 g/mol. The van der Waals surface area contributed by atoms with E-state index < -0.39 is 0 Å². The molecule has 2 aromatic rings. The summed E-state index contributed by atoms with van der Waals surface area (Å²) in [7, 11) is 0. The van der Waals surface area contributed by atoms with E-state index in [9.17, 15) is 4.79 Å². The van der Waals surface area contributed by atoms with E-state index in [4.69, 9.17) is 4.74 Å². The van der Waals surface area contributed by atoms with Crippen LogP contribution in [0.5, 0.6) is 5.75 Å². The zero-order valence-corrected chi connectivity index (χ0v) is 17.9. The van der Waals surface area contributed by atoms with Crippen LogP contribution in [0.4, 0.5) is 0 Å². The highest BCUT2D eigenvalue weighted by Gasteiger charge is 2.16. The lowest BCUT2D eigenvalue weighted by Crippen LogP contribution is -2.27. The Hall–Kier alpha value is -2.02. The molecule has 0 aliphatic carbocycles. The van der Waals surface area contributed by atoms with Crippen LogP contribution in [-0.2, 0) is 17.8 Å². The summed E-state index contributed by atoms with van der Waals surface area (Å²) < 4.78 is 8.07. The van der Waals surface area contributed by atoms with Crippen molar-refractivity contribution in [2.75, 3.05) is 18.9 Å². The number of hydrogen-bond donors (Lipinski definition) is 1. The lowest BCUT2D eigenvalue weighted by Gasteiger charge is -2.12. The van der Waals surface area contributed by atoms with E-state index in [1.807, 2.05) is 0 Å². The molecule has 0 bridgehead atoms. The molecule has 2 heterocycles. The number of aromatic nitrogens is 3. The quantitative estimate of drug-likeness (QED) is 0.540. The van der Waals surface area contributed by atoms with E-state index >= 15 is 0 Å². The van der Waals surface area contributed by atoms with E-state index in [0.29, 0.717) is 18.9 Å². The molecule has 1 aromatic heterocycles. The van der Waals surface area contributed by atoms with Gasteiger partial charge in [-0.15, -0.1) is 10.2 Å². The topological polar surface area (TPSA) is 69.0 Å². The number of nitrogens with zero attached hydrogens (tertiary/aromatic N) is 3. The average Bonchev–Trinajstić information content (AvgIpc) is 2.89. The molecule has 1 aromatic carbocycles. The molecule has 6 nitrogen and oxygen atoms in total. The van der Waals surface area contributed by atoms with Crippen LogP contribution >= 0.6 is 11.8 Å². The summed E-state index contributed by atoms with van der Waals surface area (Å²) in [6.07, 6.45) is 5.33. The predicted octanol–water partition coefficient (Wildman–Crippen LogP) is 3.61. The predicted molar refractivity (Wildman–Crippen MR) is 112 cm³/mol. The first-order valence-corrected chi connectivity index (χ1v) is 11.1. The Balaban J connectivity index is 1.36. The minimum absolute atomic E-state index is 0.0264. The summed E-state index contributed by atoms with van der Waals surface area (Å²) in [5, 5.41) is 12.4. The van der Waals surface area contributed by atoms with Gasteiger partial charge >= 0.3 is 0 Å². The fraction of sp³-hybridized carbons (Fsp3) is 0.571. The van der Waals surface area contributed by atoms with Crippen molar-refractivity contribution in [2.24, 2.45) is 0 Å². The van der Waals surface area contributed by atoms with Crippen LogP contribution in [0.25, 0.3) is 0 Å². The van der Waals surface area contributed by atoms with Gasteiger partial charge in [-0.2, -0.15) is 0 Å². The lowest BCUT2D eigenvalue weighted by molar-refractivity contribution is -0.118. The van der Waals surface area contributed by atoms with Gasteiger partial charge in [-0.05, 0) is 62.8 Å². The van der Waals surface area contributed by atoms with Gasteiger partial charge in [0.2, 0.25) is 5.91 Å². The molecule has 0 spiro atoms. The maximum Gasteiger partial charge on any atom is 0.230 e. The minimum atomic E-state index is 0.0264. The Morgan fingerprint density at radius 2 is 2.07 bits per heavy atom. The first kappa shape index (κ1) is 20.7. The maximum absolute atomic E-state index is 12.1. The first-order valence-electron chi connectivity index (χ1n) is 10.1. The van der Waals surface area contributed by atoms with Crippen LogP contribution in [-0.4, -0.2) is 39.6 Å². The van der Waals surface area contributed by atoms with Crippen LogP contribution in [0.3, 0.4) is 0 Å². The Kier molecular flexibility index (Phi) is 7.36. The fourth-order valence-corrected chi connectivity index (χ4v) is 4.19. The fourth-order valence-electron chi connectivity index (χ4n) is 3.38. The molecule has 0 fully saturated rings. The molecular weight excluding hydrogens is 372 g/mol. The third-order valence-corrected chi connectivity index (χ3v) is 6.04. The van der Waals surface area contributed by atoms with Crippen molar-refractivity contribution in [1.29, 1.82) is 0 Å². The molecule has 152 valence electrons. The molecule has 28 heavy (non-hydrogen) atoms. The van der Waals surface area contributed by atoms with Gasteiger partial charge < -0.3 is 14.6 Å². The number of thioether (sulfide) groups is 1. The SMILES string of the molecule is Cc1cc(C)c(C)c(OCCCNC(=O)CSc2nnc3n2CCCCC3)c1. The largest absolute Gasteiger partial charge is 0.493 e. The van der Waals surface area contributed by atoms with E-state index in [0.717, 1.165) is 42.5 Å². The lowest BCUT2D eigenvalue weighted by atomic mass is 10.1. The van der Waals surface area contributed by atoms with E-state index in [1.54, 1.807) is 0 Å². The molecule has 1 aliphatic rings. The maximum atomic E-state index is 12.1. The number of hydrogen-bond acceptors (Lipinski definition) is 5. The second-order valence-corrected chi connectivity index (χ2v) is 8.35. The van der Waals surface area contributed by atoms with Gasteiger partial charge in [-0.1, -0.05) is 24.2 Å². The highest BCUT2D eigenvalue weighted by molar-refractivity contribution is 7.99. The third kappa shape index (κ3) is 5.50. The summed E-state index contributed by atoms with van der Waals surface area (Å²) in [5.41, 5.74) is 3.62. The number of rotatable bonds is 8. The highest BCUT2D eigenvalue weighted by atomic mass is 32.2. The van der Waals surface area contributed by atoms with Crippen molar-refractivity contribution in [2.45, 2.75) is 64.6 Å². The van der Waals surface area contributed by atoms with Gasteiger partial charge in [0.1, 0.15) is 11.6 Å². The van der Waals surface area contributed by atoms with Crippen molar-refractivity contribution < 1.29 is 9.53 Å². The highest BCUT2D eigenvalue weighted by Crippen LogP contribution is 2.23. The van der Waals surface area contributed by atoms with E-state index in [2.05, 4.69) is 53.0 Å². The van der Waals surface area contributed by atoms with Gasteiger partial charge in [0.25, 0.3) is 0 Å². The molecule has 0 saturated heterocycles. The zero-order valence-electron chi connectivity index (χ0n) is 17.1. The molecular formula is C21H30N4O2S. The number of amides is 1. The summed E-state index contributed by atoms with van der Waals surface area (Å²) in [5.74, 6) is 2.39. The summed E-state index contributed by atoms with van der Waals surface area (Å²) >= 11 is 1.47. The molecule has 7 heteroatoms. The van der Waals surface area contributed by atoms with Gasteiger partial charge in [0.15, 0.2) is 5.16 Å². The second kappa shape index (κ2) is 9.96. The van der Waals surface area contributed by atoms with Gasteiger partial charge in [-0.25, -0.2) is 0 Å². The van der Waals surface area contributed by atoms with E-state index in [-0.39, 0.29) is 5.91 Å². The van der Waals surface area contributed by atoms with Crippen LogP contribution in [0.2, 0.25) is 0 Å². The molecule has 0 saturated carbocycles. The van der Waals surface area contributed by atoms with Crippen molar-refractivity contribution >= 4 is 17.7 Å². The number of benzene rings is 1. The molecule has 3 rings (SSSR count). The zero-order chi connectivity index (χ0) is 19.9. The number of nitrogens with one attached hydrogen (secondary N) is 1. The number of carbonyl (C=O) groups is 1. The van der Waals surface area contributed by atoms with Crippen molar-refractivity contribution in [3.05, 3.63) is 34.6 Å². The minimum Gasteiger partial charge on any atom is -0.493 e. The van der Waals surface area contributed by atoms with Crippen LogP contribution < -0.4 is 10.1 Å². The summed E-state index contributed by atoms with van der Waals surface area (Å²) in [6.45, 7) is 8.42. The number of ether oxygens (including phenoxy) is 1. The van der Waals surface area contributed by atoms with Gasteiger partial charge in [0.05, 0.1) is 12.4 Å². The van der Waals surface area contributed by atoms with Crippen molar-refractivity contribution in [3.63, 3.8) is 0 Å². The molecule has 1 aliphatic heterocycles. The number of aryl methyl sites for hydroxylation is 3. The first-order chi connectivity index (χ1) is 13.5. The van der Waals surface area contributed by atoms with Crippen LogP contribution in [0.15, 0.2) is 17.3 Å². The number of carbonyl (C=O) groups excluding carboxylic acids is 1. The summed E-state index contributed by atoms with van der Waals surface area (Å²) in [6, 6.07) is 4.23. The molecule has 0 unspecified atom stereocenters. The Bertz CT molecular complexity index is 819. The normalized spacial score (nSPS) is 13.7. The Labute approximate surface area is 171 Å². The van der Waals surface area contributed by atoms with E-state index in [1.165, 1.54) is 41.3 Å². The van der Waals surface area contributed by atoms with Gasteiger partial charge in [0, 0.05) is 19.5 Å². The Morgan fingerprint density at radius 1 is 1.21 bits per heavy atom. The van der Waals surface area contributed by atoms with Crippen molar-refractivity contribution in [3.8, 4) is 5.75 Å². The Morgan fingerprint density at radius 3 is 2.93 bits per heavy atom. The molecule has 0 atom stereocenters. The van der Waals surface area contributed by atoms with Crippen molar-refractivity contribution in [1.82, 2.24) is 20.1 Å². The van der Waals surface area contributed by atoms with Crippen LogP contribution in [0.1, 0.15) is 48.2 Å². The van der Waals surface area contributed by atoms with Crippen LogP contribution in [0, 0.1) is 20.8 Å². The molecule has 1 amide bonds. The third-order valence-electron chi connectivity index (χ3n) is 5.07. The average molecular weight is 403 g/mol. The van der Waals surface area contributed by atoms with Gasteiger partial charge in [-0.3, -0.25) is 4.79 Å². The smallest absolute Gasteiger partial charge is 0.230 e. The number of fused-ring (bicyclic) bond motifs is 1. The molecule has 1 N–H and O–H groups in total. The second-order valence-electron chi connectivity index (χ2n) is 7.41.